The van der Waals surface area contributed by atoms with Crippen molar-refractivity contribution in [1.82, 2.24) is 14.9 Å². The number of nitriles is 1. The lowest BCUT2D eigenvalue weighted by molar-refractivity contribution is 0.192. The molecule has 6 nitrogen and oxygen atoms in total. The van der Waals surface area contributed by atoms with Crippen LogP contribution in [0, 0.1) is 11.3 Å². The van der Waals surface area contributed by atoms with Crippen molar-refractivity contribution in [1.29, 1.82) is 5.26 Å². The summed E-state index contributed by atoms with van der Waals surface area (Å²) in [5, 5.41) is 9.52. The summed E-state index contributed by atoms with van der Waals surface area (Å²) in [6, 6.07) is 10.1. The Kier molecular flexibility index (Phi) is 4.70. The zero-order valence-corrected chi connectivity index (χ0v) is 13.6. The zero-order chi connectivity index (χ0) is 16.2. The van der Waals surface area contributed by atoms with Crippen LogP contribution in [0.1, 0.15) is 11.6 Å². The molecule has 3 rings (SSSR count). The quantitative estimate of drug-likeness (QED) is 0.855. The van der Waals surface area contributed by atoms with Crippen LogP contribution in [0.3, 0.4) is 0 Å². The molecule has 6 heteroatoms. The number of likely N-dealkylation sites (N-methyl/N-ethyl adjacent to an activating group) is 1. The molecule has 0 spiro atoms. The van der Waals surface area contributed by atoms with Gasteiger partial charge < -0.3 is 14.5 Å². The molecule has 0 N–H and O–H groups in total. The van der Waals surface area contributed by atoms with E-state index >= 15 is 0 Å². The highest BCUT2D eigenvalue weighted by Gasteiger charge is 2.25. The molecular weight excluding hydrogens is 290 g/mol. The van der Waals surface area contributed by atoms with E-state index < -0.39 is 5.92 Å². The molecule has 0 amide bonds. The molecule has 2 aromatic rings. The molecule has 0 radical (unpaired) electrons. The number of ether oxygens (including phenoxy) is 1. The highest BCUT2D eigenvalue weighted by atomic mass is 16.5. The average Bonchev–Trinajstić information content (AvgIpc) is 2.59. The summed E-state index contributed by atoms with van der Waals surface area (Å²) in [5.74, 6) is 0.409. The Balaban J connectivity index is 2.07. The molecule has 0 aliphatic carbocycles. The SMILES string of the molecule is COCC(C#N)c1nc2ccccc2nc1N1CCN(C)CC1. The summed E-state index contributed by atoms with van der Waals surface area (Å²) in [6.07, 6.45) is 0. The number of hydrogen-bond acceptors (Lipinski definition) is 6. The van der Waals surface area contributed by atoms with E-state index in [0.29, 0.717) is 6.61 Å². The van der Waals surface area contributed by atoms with E-state index in [1.807, 2.05) is 24.3 Å². The lowest BCUT2D eigenvalue weighted by Gasteiger charge is -2.34. The Bertz CT molecular complexity index is 718. The monoisotopic (exact) mass is 311 g/mol. The second kappa shape index (κ2) is 6.90. The Labute approximate surface area is 136 Å². The molecule has 1 aromatic carbocycles. The number of piperazine rings is 1. The van der Waals surface area contributed by atoms with Crippen LogP contribution in [0.25, 0.3) is 11.0 Å². The van der Waals surface area contributed by atoms with Gasteiger partial charge in [0.05, 0.1) is 23.7 Å². The van der Waals surface area contributed by atoms with Crippen molar-refractivity contribution in [2.75, 3.05) is 51.8 Å². The van der Waals surface area contributed by atoms with Crippen LogP contribution in [0.2, 0.25) is 0 Å². The van der Waals surface area contributed by atoms with Gasteiger partial charge in [-0.15, -0.1) is 0 Å². The number of methoxy groups -OCH3 is 1. The Morgan fingerprint density at radius 1 is 1.17 bits per heavy atom. The van der Waals surface area contributed by atoms with Gasteiger partial charge in [0.1, 0.15) is 11.6 Å². The van der Waals surface area contributed by atoms with Crippen molar-refractivity contribution in [3.8, 4) is 6.07 Å². The smallest absolute Gasteiger partial charge is 0.152 e. The van der Waals surface area contributed by atoms with Gasteiger partial charge in [0.15, 0.2) is 5.82 Å². The first-order valence-corrected chi connectivity index (χ1v) is 7.81. The minimum absolute atomic E-state index is 0.324. The van der Waals surface area contributed by atoms with Gasteiger partial charge in [-0.3, -0.25) is 0 Å². The minimum atomic E-state index is -0.410. The molecule has 1 aliphatic heterocycles. The van der Waals surface area contributed by atoms with Crippen molar-refractivity contribution in [3.63, 3.8) is 0 Å². The van der Waals surface area contributed by atoms with Crippen molar-refractivity contribution in [2.24, 2.45) is 0 Å². The fraction of sp³-hybridized carbons (Fsp3) is 0.471. The second-order valence-electron chi connectivity index (χ2n) is 5.85. The summed E-state index contributed by atoms with van der Waals surface area (Å²) >= 11 is 0. The Hall–Kier alpha value is -2.23. The highest BCUT2D eigenvalue weighted by Crippen LogP contribution is 2.27. The predicted octanol–water partition coefficient (Wildman–Crippen LogP) is 1.64. The first kappa shape index (κ1) is 15.7. The van der Waals surface area contributed by atoms with Crippen LogP contribution in [-0.2, 0) is 4.74 Å². The molecule has 1 saturated heterocycles. The molecule has 1 aliphatic rings. The third-order valence-corrected chi connectivity index (χ3v) is 4.20. The zero-order valence-electron chi connectivity index (χ0n) is 13.6. The predicted molar refractivity (Wildman–Crippen MR) is 89.5 cm³/mol. The van der Waals surface area contributed by atoms with Crippen molar-refractivity contribution >= 4 is 16.9 Å². The van der Waals surface area contributed by atoms with Crippen LogP contribution in [0.4, 0.5) is 5.82 Å². The summed E-state index contributed by atoms with van der Waals surface area (Å²) in [6.45, 7) is 4.07. The summed E-state index contributed by atoms with van der Waals surface area (Å²) in [4.78, 5) is 14.1. The molecule has 1 aromatic heterocycles. The number of aromatic nitrogens is 2. The van der Waals surface area contributed by atoms with Crippen molar-refractivity contribution in [2.45, 2.75) is 5.92 Å². The molecular formula is C17H21N5O. The number of nitrogens with zero attached hydrogens (tertiary/aromatic N) is 5. The number of rotatable bonds is 4. The minimum Gasteiger partial charge on any atom is -0.383 e. The van der Waals surface area contributed by atoms with E-state index in [2.05, 4.69) is 22.9 Å². The van der Waals surface area contributed by atoms with Gasteiger partial charge in [-0.2, -0.15) is 5.26 Å². The summed E-state index contributed by atoms with van der Waals surface area (Å²) < 4.78 is 5.20. The van der Waals surface area contributed by atoms with Gasteiger partial charge >= 0.3 is 0 Å². The number of benzene rings is 1. The maximum atomic E-state index is 9.52. The highest BCUT2D eigenvalue weighted by molar-refractivity contribution is 5.77. The Morgan fingerprint density at radius 2 is 1.83 bits per heavy atom. The molecule has 1 atom stereocenters. The van der Waals surface area contributed by atoms with Gasteiger partial charge in [-0.1, -0.05) is 12.1 Å². The third kappa shape index (κ3) is 3.26. The number of anilines is 1. The summed E-state index contributed by atoms with van der Waals surface area (Å²) in [7, 11) is 3.72. The van der Waals surface area contributed by atoms with E-state index in [0.717, 1.165) is 48.7 Å². The maximum absolute atomic E-state index is 9.52. The third-order valence-electron chi connectivity index (χ3n) is 4.20. The maximum Gasteiger partial charge on any atom is 0.152 e. The molecule has 1 fully saturated rings. The normalized spacial score (nSPS) is 17.2. The largest absolute Gasteiger partial charge is 0.383 e. The van der Waals surface area contributed by atoms with Crippen LogP contribution in [-0.4, -0.2) is 61.8 Å². The van der Waals surface area contributed by atoms with E-state index in [9.17, 15) is 5.26 Å². The Morgan fingerprint density at radius 3 is 2.43 bits per heavy atom. The standard InChI is InChI=1S/C17H21N5O/c1-21-7-9-22(10-8-21)17-16(13(11-18)12-23-2)19-14-5-3-4-6-15(14)20-17/h3-6,13H,7-10,12H2,1-2H3. The first-order chi connectivity index (χ1) is 11.2. The average molecular weight is 311 g/mol. The molecule has 0 bridgehead atoms. The molecule has 23 heavy (non-hydrogen) atoms. The van der Waals surface area contributed by atoms with Crippen LogP contribution in [0.5, 0.6) is 0 Å². The molecule has 0 saturated carbocycles. The van der Waals surface area contributed by atoms with Gasteiger partial charge in [-0.25, -0.2) is 9.97 Å². The first-order valence-electron chi connectivity index (χ1n) is 7.81. The van der Waals surface area contributed by atoms with Gasteiger partial charge in [0.25, 0.3) is 0 Å². The molecule has 1 unspecified atom stereocenters. The second-order valence-corrected chi connectivity index (χ2v) is 5.85. The number of para-hydroxylation sites is 2. The number of fused-ring (bicyclic) bond motifs is 1. The lowest BCUT2D eigenvalue weighted by atomic mass is 10.1. The van der Waals surface area contributed by atoms with Gasteiger partial charge in [0, 0.05) is 33.3 Å². The fourth-order valence-corrected chi connectivity index (χ4v) is 2.83. The topological polar surface area (TPSA) is 65.3 Å². The fourth-order valence-electron chi connectivity index (χ4n) is 2.83. The van der Waals surface area contributed by atoms with E-state index in [-0.39, 0.29) is 0 Å². The van der Waals surface area contributed by atoms with Crippen molar-refractivity contribution < 1.29 is 4.74 Å². The molecule has 120 valence electrons. The number of hydrogen-bond donors (Lipinski definition) is 0. The lowest BCUT2D eigenvalue weighted by Crippen LogP contribution is -2.45. The van der Waals surface area contributed by atoms with E-state index in [1.165, 1.54) is 0 Å². The van der Waals surface area contributed by atoms with E-state index in [1.54, 1.807) is 7.11 Å². The van der Waals surface area contributed by atoms with Crippen LogP contribution < -0.4 is 4.90 Å². The molecule has 2 heterocycles. The van der Waals surface area contributed by atoms with Gasteiger partial charge in [-0.05, 0) is 19.2 Å². The summed E-state index contributed by atoms with van der Waals surface area (Å²) in [5.41, 5.74) is 2.40. The van der Waals surface area contributed by atoms with Gasteiger partial charge in [0.2, 0.25) is 0 Å². The van der Waals surface area contributed by atoms with Crippen molar-refractivity contribution in [3.05, 3.63) is 30.0 Å². The van der Waals surface area contributed by atoms with Crippen LogP contribution >= 0.6 is 0 Å². The van der Waals surface area contributed by atoms with E-state index in [4.69, 9.17) is 14.7 Å². The van der Waals surface area contributed by atoms with Crippen LogP contribution in [0.15, 0.2) is 24.3 Å².